The molecule has 4 aromatic carbocycles. The molecule has 1 aliphatic heterocycles. The third-order valence-corrected chi connectivity index (χ3v) is 6.78. The first kappa shape index (κ1) is 23.7. The number of amides is 1. The molecule has 182 valence electrons. The number of aromatic hydroxyl groups is 1. The highest BCUT2D eigenvalue weighted by molar-refractivity contribution is 6.03. The number of halogens is 2. The molecule has 1 amide bonds. The van der Waals surface area contributed by atoms with Gasteiger partial charge in [-0.3, -0.25) is 4.79 Å². The molecule has 0 aromatic heterocycles. The summed E-state index contributed by atoms with van der Waals surface area (Å²) in [6.45, 7) is 0. The summed E-state index contributed by atoms with van der Waals surface area (Å²) in [5.74, 6) is -1.09. The number of hydrogen-bond acceptors (Lipinski definition) is 3. The molecule has 0 spiro atoms. The van der Waals surface area contributed by atoms with Crippen LogP contribution < -0.4 is 4.90 Å². The van der Waals surface area contributed by atoms with Crippen molar-refractivity contribution in [2.75, 3.05) is 4.90 Å². The number of hydrogen-bond donors (Lipinski definition) is 2. The minimum absolute atomic E-state index is 0.0987. The van der Waals surface area contributed by atoms with Gasteiger partial charge in [-0.2, -0.15) is 0 Å². The van der Waals surface area contributed by atoms with E-state index >= 15 is 0 Å². The molecule has 4 aromatic rings. The molecule has 6 heteroatoms. The predicted octanol–water partition coefficient (Wildman–Crippen LogP) is 6.56. The van der Waals surface area contributed by atoms with Crippen LogP contribution in [0.25, 0.3) is 11.1 Å². The van der Waals surface area contributed by atoms with E-state index in [0.717, 1.165) is 16.7 Å². The van der Waals surface area contributed by atoms with Crippen molar-refractivity contribution in [3.8, 4) is 16.9 Å². The van der Waals surface area contributed by atoms with Crippen molar-refractivity contribution < 1.29 is 23.8 Å². The second-order valence-electron chi connectivity index (χ2n) is 9.01. The Morgan fingerprint density at radius 3 is 2.08 bits per heavy atom. The zero-order valence-corrected chi connectivity index (χ0v) is 19.4. The largest absolute Gasteiger partial charge is 0.508 e. The SMILES string of the molecule is O=C1[C@H](CC[C@H](O)c2ccc(F)cc2)[C@@H](c2ccccc2-c2ccc(O)cc2)N1c1ccc(F)cc1. The van der Waals surface area contributed by atoms with Crippen LogP contribution in [0.4, 0.5) is 14.5 Å². The molecule has 0 aliphatic carbocycles. The number of phenolic OH excluding ortho intramolecular Hbond substituents is 1. The molecule has 0 saturated carbocycles. The van der Waals surface area contributed by atoms with Gasteiger partial charge in [-0.15, -0.1) is 0 Å². The van der Waals surface area contributed by atoms with Crippen molar-refractivity contribution in [2.45, 2.75) is 25.0 Å². The van der Waals surface area contributed by atoms with E-state index in [0.29, 0.717) is 24.1 Å². The Morgan fingerprint density at radius 2 is 1.42 bits per heavy atom. The van der Waals surface area contributed by atoms with Crippen LogP contribution >= 0.6 is 0 Å². The van der Waals surface area contributed by atoms with E-state index in [1.54, 1.807) is 41.3 Å². The Hall–Kier alpha value is -4.03. The van der Waals surface area contributed by atoms with Crippen LogP contribution in [-0.2, 0) is 4.79 Å². The summed E-state index contributed by atoms with van der Waals surface area (Å²) in [4.78, 5) is 15.1. The van der Waals surface area contributed by atoms with E-state index in [9.17, 15) is 23.8 Å². The molecule has 1 fully saturated rings. The van der Waals surface area contributed by atoms with Gasteiger partial charge in [0.05, 0.1) is 18.1 Å². The molecule has 36 heavy (non-hydrogen) atoms. The number of β-lactam (4-membered cyclic amide) rings is 1. The normalized spacial score (nSPS) is 18.1. The van der Waals surface area contributed by atoms with Crippen molar-refractivity contribution >= 4 is 11.6 Å². The summed E-state index contributed by atoms with van der Waals surface area (Å²) in [6, 6.07) is 25.9. The van der Waals surface area contributed by atoms with E-state index in [2.05, 4.69) is 0 Å². The lowest BCUT2D eigenvalue weighted by molar-refractivity contribution is -0.131. The van der Waals surface area contributed by atoms with Gasteiger partial charge >= 0.3 is 0 Å². The zero-order valence-electron chi connectivity index (χ0n) is 19.4. The van der Waals surface area contributed by atoms with Crippen LogP contribution in [0, 0.1) is 17.6 Å². The van der Waals surface area contributed by atoms with Gasteiger partial charge in [0.15, 0.2) is 0 Å². The Morgan fingerprint density at radius 1 is 0.806 bits per heavy atom. The maximum absolute atomic E-state index is 13.6. The third kappa shape index (κ3) is 4.60. The summed E-state index contributed by atoms with van der Waals surface area (Å²) >= 11 is 0. The molecule has 0 unspecified atom stereocenters. The first-order chi connectivity index (χ1) is 17.4. The molecule has 1 aliphatic rings. The van der Waals surface area contributed by atoms with Gasteiger partial charge < -0.3 is 15.1 Å². The van der Waals surface area contributed by atoms with Crippen LogP contribution in [-0.4, -0.2) is 16.1 Å². The van der Waals surface area contributed by atoms with Crippen LogP contribution in [0.3, 0.4) is 0 Å². The van der Waals surface area contributed by atoms with Crippen LogP contribution in [0.2, 0.25) is 0 Å². The summed E-state index contributed by atoms with van der Waals surface area (Å²) in [6.07, 6.45) is -0.0767. The average Bonchev–Trinajstić information content (AvgIpc) is 2.89. The first-order valence-corrected chi connectivity index (χ1v) is 11.8. The van der Waals surface area contributed by atoms with Crippen molar-refractivity contribution in [1.29, 1.82) is 0 Å². The van der Waals surface area contributed by atoms with Gasteiger partial charge in [0.2, 0.25) is 5.91 Å². The Bertz CT molecular complexity index is 1350. The molecule has 0 bridgehead atoms. The summed E-state index contributed by atoms with van der Waals surface area (Å²) in [5.41, 5.74) is 3.94. The van der Waals surface area contributed by atoms with E-state index < -0.39 is 12.0 Å². The van der Waals surface area contributed by atoms with Crippen LogP contribution in [0.5, 0.6) is 5.75 Å². The molecule has 5 rings (SSSR count). The second-order valence-corrected chi connectivity index (χ2v) is 9.01. The fourth-order valence-corrected chi connectivity index (χ4v) is 4.92. The quantitative estimate of drug-likeness (QED) is 0.292. The van der Waals surface area contributed by atoms with E-state index in [1.807, 2.05) is 36.4 Å². The summed E-state index contributed by atoms with van der Waals surface area (Å²) < 4.78 is 26.9. The lowest BCUT2D eigenvalue weighted by atomic mass is 9.76. The van der Waals surface area contributed by atoms with Crippen molar-refractivity contribution in [2.24, 2.45) is 5.92 Å². The van der Waals surface area contributed by atoms with Crippen LogP contribution in [0.15, 0.2) is 97.1 Å². The van der Waals surface area contributed by atoms with Gasteiger partial charge in [-0.05, 0) is 83.6 Å². The fraction of sp³-hybridized carbons (Fsp3) is 0.167. The molecule has 1 heterocycles. The van der Waals surface area contributed by atoms with Crippen molar-refractivity contribution in [3.05, 3.63) is 120 Å². The number of benzene rings is 4. The maximum Gasteiger partial charge on any atom is 0.233 e. The smallest absolute Gasteiger partial charge is 0.233 e. The van der Waals surface area contributed by atoms with Crippen LogP contribution in [0.1, 0.15) is 36.1 Å². The molecule has 4 nitrogen and oxygen atoms in total. The number of nitrogens with zero attached hydrogens (tertiary/aromatic N) is 1. The maximum atomic E-state index is 13.6. The van der Waals surface area contributed by atoms with E-state index in [-0.39, 0.29) is 29.3 Å². The van der Waals surface area contributed by atoms with Gasteiger partial charge in [-0.25, -0.2) is 8.78 Å². The van der Waals surface area contributed by atoms with Gasteiger partial charge in [0, 0.05) is 5.69 Å². The minimum Gasteiger partial charge on any atom is -0.508 e. The van der Waals surface area contributed by atoms with Gasteiger partial charge in [-0.1, -0.05) is 48.5 Å². The van der Waals surface area contributed by atoms with Crippen molar-refractivity contribution in [3.63, 3.8) is 0 Å². The van der Waals surface area contributed by atoms with Crippen molar-refractivity contribution in [1.82, 2.24) is 0 Å². The average molecular weight is 486 g/mol. The Kier molecular flexibility index (Phi) is 6.53. The number of aliphatic hydroxyl groups excluding tert-OH is 1. The minimum atomic E-state index is -0.828. The zero-order chi connectivity index (χ0) is 25.2. The molecule has 3 atom stereocenters. The Balaban J connectivity index is 1.48. The van der Waals surface area contributed by atoms with Gasteiger partial charge in [0.25, 0.3) is 0 Å². The highest BCUT2D eigenvalue weighted by Gasteiger charge is 2.49. The lowest BCUT2D eigenvalue weighted by Crippen LogP contribution is -2.55. The number of phenols is 1. The van der Waals surface area contributed by atoms with Gasteiger partial charge in [0.1, 0.15) is 17.4 Å². The van der Waals surface area contributed by atoms with E-state index in [1.165, 1.54) is 24.3 Å². The molecular weight excluding hydrogens is 460 g/mol. The standard InChI is InChI=1S/C30H25F2NO3/c31-21-9-5-20(6-10-21)28(35)18-17-27-29(33(30(27)36)23-13-11-22(32)12-14-23)26-4-2-1-3-25(26)19-7-15-24(34)16-8-19/h1-16,27-29,34-35H,17-18H2/t27-,28+,29-/m1/s1. The number of aliphatic hydroxyl groups is 1. The monoisotopic (exact) mass is 485 g/mol. The predicted molar refractivity (Wildman–Crippen MR) is 134 cm³/mol. The Labute approximate surface area is 208 Å². The number of carbonyl (C=O) groups is 1. The summed E-state index contributed by atoms with van der Waals surface area (Å²) in [5, 5.41) is 20.4. The number of carbonyl (C=O) groups excluding carboxylic acids is 1. The van der Waals surface area contributed by atoms with E-state index in [4.69, 9.17) is 0 Å². The molecular formula is C30H25F2NO3. The highest BCUT2D eigenvalue weighted by atomic mass is 19.1. The fourth-order valence-electron chi connectivity index (χ4n) is 4.92. The molecule has 1 saturated heterocycles. The lowest BCUT2D eigenvalue weighted by Gasteiger charge is -2.48. The number of anilines is 1. The second kappa shape index (κ2) is 9.91. The molecule has 0 radical (unpaired) electrons. The molecule has 2 N–H and O–H groups in total. The third-order valence-electron chi connectivity index (χ3n) is 6.78. The first-order valence-electron chi connectivity index (χ1n) is 11.8. The number of rotatable bonds is 7. The highest BCUT2D eigenvalue weighted by Crippen LogP contribution is 2.48. The summed E-state index contributed by atoms with van der Waals surface area (Å²) in [7, 11) is 0. The topological polar surface area (TPSA) is 60.8 Å².